The maximum Gasteiger partial charge on any atom is 0.235 e. The van der Waals surface area contributed by atoms with Crippen LogP contribution in [-0.4, -0.2) is 28.9 Å². The summed E-state index contributed by atoms with van der Waals surface area (Å²) in [5.74, 6) is 0.0657. The number of hydrogen-bond acceptors (Lipinski definition) is 2. The summed E-state index contributed by atoms with van der Waals surface area (Å²) in [4.78, 5) is 14.7. The maximum absolute atomic E-state index is 12.5. The zero-order valence-electron chi connectivity index (χ0n) is 11.7. The van der Waals surface area contributed by atoms with Crippen LogP contribution in [-0.2, 0) is 4.79 Å². The van der Waals surface area contributed by atoms with E-state index in [0.29, 0.717) is 17.8 Å². The van der Waals surface area contributed by atoms with Crippen molar-refractivity contribution in [2.75, 3.05) is 7.05 Å². The van der Waals surface area contributed by atoms with Crippen molar-refractivity contribution in [2.24, 2.45) is 11.1 Å². The molecule has 1 unspecified atom stereocenters. The van der Waals surface area contributed by atoms with Gasteiger partial charge >= 0.3 is 0 Å². The van der Waals surface area contributed by atoms with E-state index < -0.39 is 5.41 Å². The fourth-order valence-electron chi connectivity index (χ4n) is 2.16. The van der Waals surface area contributed by atoms with Crippen LogP contribution in [0.2, 0.25) is 0 Å². The van der Waals surface area contributed by atoms with Crippen molar-refractivity contribution in [3.63, 3.8) is 0 Å². The molecule has 4 heteroatoms. The van der Waals surface area contributed by atoms with E-state index >= 15 is 0 Å². The lowest BCUT2D eigenvalue weighted by Gasteiger charge is -2.36. The smallest absolute Gasteiger partial charge is 0.235 e. The first kappa shape index (κ1) is 16.4. The number of carbonyl (C=O) groups is 1. The lowest BCUT2D eigenvalue weighted by atomic mass is 9.80. The van der Waals surface area contributed by atoms with Crippen LogP contribution in [0, 0.1) is 5.41 Å². The molecule has 1 atom stereocenters. The van der Waals surface area contributed by atoms with E-state index in [2.05, 4.69) is 13.8 Å². The first-order valence-corrected chi connectivity index (χ1v) is 6.85. The number of thiocarbonyl (C=S) groups is 1. The van der Waals surface area contributed by atoms with Gasteiger partial charge in [0.2, 0.25) is 5.91 Å². The van der Waals surface area contributed by atoms with E-state index in [0.717, 1.165) is 12.8 Å². The molecule has 0 aliphatic heterocycles. The number of amides is 1. The molecule has 17 heavy (non-hydrogen) atoms. The molecule has 0 aromatic rings. The van der Waals surface area contributed by atoms with Crippen molar-refractivity contribution in [3.05, 3.63) is 0 Å². The second-order valence-corrected chi connectivity index (χ2v) is 5.15. The zero-order chi connectivity index (χ0) is 13.6. The molecule has 0 aromatic carbocycles. The van der Waals surface area contributed by atoms with E-state index in [1.807, 2.05) is 20.9 Å². The molecule has 0 saturated heterocycles. The third kappa shape index (κ3) is 3.41. The molecular formula is C13H26N2OS. The van der Waals surface area contributed by atoms with Gasteiger partial charge in [0.15, 0.2) is 0 Å². The van der Waals surface area contributed by atoms with Crippen LogP contribution in [0.3, 0.4) is 0 Å². The minimum atomic E-state index is -0.661. The van der Waals surface area contributed by atoms with Gasteiger partial charge < -0.3 is 10.6 Å². The number of nitrogens with two attached hydrogens (primary N) is 1. The van der Waals surface area contributed by atoms with E-state index in [1.54, 1.807) is 4.90 Å². The average molecular weight is 258 g/mol. The molecule has 0 rings (SSSR count). The molecular weight excluding hydrogens is 232 g/mol. The summed E-state index contributed by atoms with van der Waals surface area (Å²) in [6, 6.07) is 0.235. The Morgan fingerprint density at radius 2 is 1.82 bits per heavy atom. The Hall–Kier alpha value is -0.640. The van der Waals surface area contributed by atoms with Gasteiger partial charge in [-0.3, -0.25) is 4.79 Å². The van der Waals surface area contributed by atoms with Gasteiger partial charge in [0.1, 0.15) is 0 Å². The largest absolute Gasteiger partial charge is 0.392 e. The van der Waals surface area contributed by atoms with Gasteiger partial charge in [0.05, 0.1) is 10.4 Å². The summed E-state index contributed by atoms with van der Waals surface area (Å²) in [5, 5.41) is 0. The summed E-state index contributed by atoms with van der Waals surface area (Å²) < 4.78 is 0. The highest BCUT2D eigenvalue weighted by molar-refractivity contribution is 7.80. The van der Waals surface area contributed by atoms with Gasteiger partial charge in [-0.2, -0.15) is 0 Å². The van der Waals surface area contributed by atoms with Crippen molar-refractivity contribution in [1.29, 1.82) is 0 Å². The second kappa shape index (κ2) is 6.94. The van der Waals surface area contributed by atoms with E-state index in [-0.39, 0.29) is 11.9 Å². The molecule has 0 aliphatic carbocycles. The highest BCUT2D eigenvalue weighted by atomic mass is 32.1. The molecule has 0 spiro atoms. The Balaban J connectivity index is 5.03. The average Bonchev–Trinajstić information content (AvgIpc) is 2.30. The van der Waals surface area contributed by atoms with Crippen molar-refractivity contribution in [1.82, 2.24) is 4.90 Å². The number of nitrogens with zero attached hydrogens (tertiary/aromatic N) is 1. The Bertz CT molecular complexity index is 275. The molecule has 0 saturated carbocycles. The summed E-state index contributed by atoms with van der Waals surface area (Å²) in [6.45, 7) is 8.13. The van der Waals surface area contributed by atoms with Crippen LogP contribution in [0.5, 0.6) is 0 Å². The third-order valence-electron chi connectivity index (χ3n) is 3.78. The van der Waals surface area contributed by atoms with Crippen LogP contribution < -0.4 is 5.73 Å². The molecule has 0 fully saturated rings. The lowest BCUT2D eigenvalue weighted by molar-refractivity contribution is -0.139. The number of hydrogen-bond donors (Lipinski definition) is 1. The quantitative estimate of drug-likeness (QED) is 0.714. The van der Waals surface area contributed by atoms with Gasteiger partial charge in [-0.1, -0.05) is 39.4 Å². The number of rotatable bonds is 7. The molecule has 100 valence electrons. The van der Waals surface area contributed by atoms with Gasteiger partial charge in [-0.05, 0) is 26.2 Å². The van der Waals surface area contributed by atoms with E-state index in [9.17, 15) is 4.79 Å². The monoisotopic (exact) mass is 258 g/mol. The van der Waals surface area contributed by atoms with Crippen molar-refractivity contribution < 1.29 is 4.79 Å². The molecule has 1 amide bonds. The molecule has 0 aromatic heterocycles. The topological polar surface area (TPSA) is 46.3 Å². The first-order valence-electron chi connectivity index (χ1n) is 6.44. The lowest BCUT2D eigenvalue weighted by Crippen LogP contribution is -2.51. The second-order valence-electron chi connectivity index (χ2n) is 4.71. The van der Waals surface area contributed by atoms with Crippen LogP contribution >= 0.6 is 12.2 Å². The Kier molecular flexibility index (Phi) is 6.68. The summed E-state index contributed by atoms with van der Waals surface area (Å²) >= 11 is 5.10. The molecule has 2 N–H and O–H groups in total. The Morgan fingerprint density at radius 1 is 1.35 bits per heavy atom. The molecule has 0 radical (unpaired) electrons. The summed E-state index contributed by atoms with van der Waals surface area (Å²) in [7, 11) is 1.85. The molecule has 3 nitrogen and oxygen atoms in total. The normalized spacial score (nSPS) is 13.2. The summed E-state index contributed by atoms with van der Waals surface area (Å²) in [6.07, 6.45) is 3.40. The van der Waals surface area contributed by atoms with Gasteiger partial charge in [0.25, 0.3) is 0 Å². The van der Waals surface area contributed by atoms with Crippen LogP contribution in [0.15, 0.2) is 0 Å². The van der Waals surface area contributed by atoms with Crippen molar-refractivity contribution >= 4 is 23.1 Å². The van der Waals surface area contributed by atoms with Crippen molar-refractivity contribution in [2.45, 2.75) is 59.4 Å². The van der Waals surface area contributed by atoms with E-state index in [4.69, 9.17) is 18.0 Å². The highest BCUT2D eigenvalue weighted by Crippen LogP contribution is 2.30. The third-order valence-corrected chi connectivity index (χ3v) is 4.17. The van der Waals surface area contributed by atoms with Gasteiger partial charge in [-0.25, -0.2) is 0 Å². The zero-order valence-corrected chi connectivity index (χ0v) is 12.6. The van der Waals surface area contributed by atoms with E-state index in [1.165, 1.54) is 0 Å². The fraction of sp³-hybridized carbons (Fsp3) is 0.846. The van der Waals surface area contributed by atoms with Crippen LogP contribution in [0.1, 0.15) is 53.4 Å². The molecule has 0 heterocycles. The Labute approximate surface area is 111 Å². The van der Waals surface area contributed by atoms with Crippen molar-refractivity contribution in [3.8, 4) is 0 Å². The maximum atomic E-state index is 12.5. The molecule has 0 bridgehead atoms. The SMILES string of the molecule is CCCC(C)N(C)C(=O)C(CC)(CC)C(N)=S. The first-order chi connectivity index (χ1) is 7.87. The fourth-order valence-corrected chi connectivity index (χ4v) is 2.53. The Morgan fingerprint density at radius 3 is 2.12 bits per heavy atom. The predicted molar refractivity (Wildman–Crippen MR) is 76.9 cm³/mol. The predicted octanol–water partition coefficient (Wildman–Crippen LogP) is 2.73. The molecule has 0 aliphatic rings. The standard InChI is InChI=1S/C13H26N2OS/c1-6-9-10(4)15(5)12(16)13(7-2,8-3)11(14)17/h10H,6-9H2,1-5H3,(H2,14,17). The number of carbonyl (C=O) groups excluding carboxylic acids is 1. The van der Waals surface area contributed by atoms with Crippen LogP contribution in [0.4, 0.5) is 0 Å². The van der Waals surface area contributed by atoms with Gasteiger partial charge in [-0.15, -0.1) is 0 Å². The van der Waals surface area contributed by atoms with Crippen LogP contribution in [0.25, 0.3) is 0 Å². The minimum absolute atomic E-state index is 0.0657. The highest BCUT2D eigenvalue weighted by Gasteiger charge is 2.40. The summed E-state index contributed by atoms with van der Waals surface area (Å²) in [5.41, 5.74) is 5.13. The van der Waals surface area contributed by atoms with Gasteiger partial charge in [0, 0.05) is 13.1 Å². The minimum Gasteiger partial charge on any atom is -0.392 e.